The molecule has 8 atom stereocenters. The standard InChI is InChI=1S/C18H38N2O10/c19-9-1-3-10(4-2-9)20(5-11(23)15(27)17(29)13(25)7-21)6-12(24)16(28)18(30)14(26)8-22/h9-18,21-30H,1-8,19H2/t9?,10?,11-,12-,13-,14+,15+,16+,17+,18+/m0/s1. The molecule has 1 fully saturated rings. The zero-order valence-corrected chi connectivity index (χ0v) is 16.9. The molecule has 12 heteroatoms. The zero-order chi connectivity index (χ0) is 23.0. The van der Waals surface area contributed by atoms with Gasteiger partial charge in [0.25, 0.3) is 0 Å². The minimum atomic E-state index is -1.80. The Kier molecular flexibility index (Phi) is 12.1. The smallest absolute Gasteiger partial charge is 0.111 e. The van der Waals surface area contributed by atoms with Crippen LogP contribution >= 0.6 is 0 Å². The van der Waals surface area contributed by atoms with Gasteiger partial charge in [-0.2, -0.15) is 0 Å². The van der Waals surface area contributed by atoms with Gasteiger partial charge in [-0.3, -0.25) is 4.90 Å². The van der Waals surface area contributed by atoms with E-state index >= 15 is 0 Å². The fraction of sp³-hybridized carbons (Fsp3) is 1.00. The molecule has 30 heavy (non-hydrogen) atoms. The highest BCUT2D eigenvalue weighted by atomic mass is 16.4. The Bertz CT molecular complexity index is 438. The maximum absolute atomic E-state index is 10.3. The van der Waals surface area contributed by atoms with Gasteiger partial charge >= 0.3 is 0 Å². The number of nitrogens with zero attached hydrogens (tertiary/aromatic N) is 1. The minimum absolute atomic E-state index is 0.0113. The quantitative estimate of drug-likeness (QED) is 0.128. The Hall–Kier alpha value is -0.480. The second kappa shape index (κ2) is 13.2. The van der Waals surface area contributed by atoms with Crippen LogP contribution in [0, 0.1) is 0 Å². The van der Waals surface area contributed by atoms with Crippen LogP contribution < -0.4 is 5.73 Å². The summed E-state index contributed by atoms with van der Waals surface area (Å²) in [7, 11) is 0. The first-order valence-electron chi connectivity index (χ1n) is 10.2. The van der Waals surface area contributed by atoms with Gasteiger partial charge in [0.2, 0.25) is 0 Å². The first-order valence-corrected chi connectivity index (χ1v) is 10.2. The van der Waals surface area contributed by atoms with Crippen LogP contribution in [-0.2, 0) is 0 Å². The molecule has 1 aliphatic carbocycles. The number of hydrogen-bond acceptors (Lipinski definition) is 12. The Morgan fingerprint density at radius 3 is 1.27 bits per heavy atom. The van der Waals surface area contributed by atoms with E-state index in [1.54, 1.807) is 4.90 Å². The van der Waals surface area contributed by atoms with Crippen LogP contribution in [0.5, 0.6) is 0 Å². The lowest BCUT2D eigenvalue weighted by Gasteiger charge is -2.40. The highest BCUT2D eigenvalue weighted by Gasteiger charge is 2.36. The van der Waals surface area contributed by atoms with Crippen molar-refractivity contribution < 1.29 is 51.1 Å². The van der Waals surface area contributed by atoms with Crippen LogP contribution in [0.3, 0.4) is 0 Å². The van der Waals surface area contributed by atoms with Gasteiger partial charge in [-0.1, -0.05) is 0 Å². The second-order valence-electron chi connectivity index (χ2n) is 8.12. The van der Waals surface area contributed by atoms with Gasteiger partial charge < -0.3 is 56.8 Å². The molecular formula is C18H38N2O10. The van der Waals surface area contributed by atoms with E-state index in [1.807, 2.05) is 0 Å². The van der Waals surface area contributed by atoms with Crippen LogP contribution in [-0.4, -0.2) is 143 Å². The van der Waals surface area contributed by atoms with Gasteiger partial charge in [-0.15, -0.1) is 0 Å². The fourth-order valence-electron chi connectivity index (χ4n) is 3.66. The van der Waals surface area contributed by atoms with Gasteiger partial charge in [0.15, 0.2) is 0 Å². The fourth-order valence-corrected chi connectivity index (χ4v) is 3.66. The summed E-state index contributed by atoms with van der Waals surface area (Å²) in [5.41, 5.74) is 5.91. The topological polar surface area (TPSA) is 232 Å². The van der Waals surface area contributed by atoms with E-state index in [0.717, 1.165) is 0 Å². The van der Waals surface area contributed by atoms with Crippen molar-refractivity contribution in [3.8, 4) is 0 Å². The van der Waals surface area contributed by atoms with Crippen molar-refractivity contribution in [2.75, 3.05) is 26.3 Å². The monoisotopic (exact) mass is 442 g/mol. The van der Waals surface area contributed by atoms with Gasteiger partial charge in [0.05, 0.1) is 25.4 Å². The summed E-state index contributed by atoms with van der Waals surface area (Å²) < 4.78 is 0. The SMILES string of the molecule is NC1CCC(N(C[C@H](O)[C@@H](O)[C@H](O)[C@H](O)CO)C[C@H](O)[C@@H](O)[C@H](O)[C@@H](O)CO)CC1. The highest BCUT2D eigenvalue weighted by Crippen LogP contribution is 2.24. The maximum Gasteiger partial charge on any atom is 0.111 e. The van der Waals surface area contributed by atoms with E-state index in [1.165, 1.54) is 0 Å². The lowest BCUT2D eigenvalue weighted by molar-refractivity contribution is -0.134. The Morgan fingerprint density at radius 2 is 0.933 bits per heavy atom. The predicted molar refractivity (Wildman–Crippen MR) is 104 cm³/mol. The van der Waals surface area contributed by atoms with Crippen molar-refractivity contribution in [3.05, 3.63) is 0 Å². The molecule has 1 rings (SSSR count). The molecule has 12 nitrogen and oxygen atoms in total. The third kappa shape index (κ3) is 7.89. The van der Waals surface area contributed by atoms with Crippen LogP contribution in [0.25, 0.3) is 0 Å². The van der Waals surface area contributed by atoms with E-state index in [0.29, 0.717) is 25.7 Å². The first kappa shape index (κ1) is 27.6. The van der Waals surface area contributed by atoms with Crippen molar-refractivity contribution in [3.63, 3.8) is 0 Å². The maximum atomic E-state index is 10.3. The molecule has 0 bridgehead atoms. The van der Waals surface area contributed by atoms with E-state index in [-0.39, 0.29) is 25.2 Å². The van der Waals surface area contributed by atoms with Gasteiger partial charge in [-0.05, 0) is 25.7 Å². The summed E-state index contributed by atoms with van der Waals surface area (Å²) in [5.74, 6) is 0. The molecule has 0 aromatic heterocycles. The van der Waals surface area contributed by atoms with Crippen molar-refractivity contribution in [1.29, 1.82) is 0 Å². The Labute approximate surface area is 175 Å². The van der Waals surface area contributed by atoms with Gasteiger partial charge in [0.1, 0.15) is 36.6 Å². The Morgan fingerprint density at radius 1 is 0.600 bits per heavy atom. The number of rotatable bonds is 13. The molecule has 0 heterocycles. The van der Waals surface area contributed by atoms with Crippen LogP contribution in [0.4, 0.5) is 0 Å². The largest absolute Gasteiger partial charge is 0.394 e. The third-order valence-electron chi connectivity index (χ3n) is 5.75. The summed E-state index contributed by atoms with van der Waals surface area (Å²) in [4.78, 5) is 1.57. The molecule has 12 N–H and O–H groups in total. The van der Waals surface area contributed by atoms with E-state index in [9.17, 15) is 40.9 Å². The number of nitrogens with two attached hydrogens (primary N) is 1. The van der Waals surface area contributed by atoms with Crippen LogP contribution in [0.1, 0.15) is 25.7 Å². The summed E-state index contributed by atoms with van der Waals surface area (Å²) in [5, 5.41) is 97.2. The number of aliphatic hydroxyl groups is 10. The van der Waals surface area contributed by atoms with Crippen molar-refractivity contribution in [1.82, 2.24) is 4.90 Å². The lowest BCUT2D eigenvalue weighted by atomic mass is 9.89. The molecule has 0 radical (unpaired) electrons. The van der Waals surface area contributed by atoms with Crippen molar-refractivity contribution in [2.45, 2.75) is 86.6 Å². The van der Waals surface area contributed by atoms with E-state index in [2.05, 4.69) is 0 Å². The molecule has 0 aromatic rings. The van der Waals surface area contributed by atoms with Crippen LogP contribution in [0.15, 0.2) is 0 Å². The van der Waals surface area contributed by atoms with Crippen molar-refractivity contribution >= 4 is 0 Å². The average Bonchev–Trinajstić information content (AvgIpc) is 2.75. The van der Waals surface area contributed by atoms with Gasteiger partial charge in [0, 0.05) is 25.2 Å². The first-order chi connectivity index (χ1) is 14.0. The molecule has 0 saturated heterocycles. The normalized spacial score (nSPS) is 28.4. The molecule has 1 aliphatic rings. The molecule has 0 aromatic carbocycles. The molecular weight excluding hydrogens is 404 g/mol. The summed E-state index contributed by atoms with van der Waals surface area (Å²) in [6, 6.07) is -0.175. The van der Waals surface area contributed by atoms with Crippen molar-refractivity contribution in [2.24, 2.45) is 5.73 Å². The number of aliphatic hydroxyl groups excluding tert-OH is 10. The minimum Gasteiger partial charge on any atom is -0.394 e. The summed E-state index contributed by atoms with van der Waals surface area (Å²) in [6.45, 7) is -2.13. The predicted octanol–water partition coefficient (Wildman–Crippen LogP) is -5.57. The highest BCUT2D eigenvalue weighted by molar-refractivity contribution is 4.90. The molecule has 0 unspecified atom stereocenters. The zero-order valence-electron chi connectivity index (χ0n) is 16.9. The van der Waals surface area contributed by atoms with E-state index < -0.39 is 62.0 Å². The molecule has 0 spiro atoms. The number of hydrogen-bond donors (Lipinski definition) is 11. The lowest BCUT2D eigenvalue weighted by Crippen LogP contribution is -2.55. The van der Waals surface area contributed by atoms with Gasteiger partial charge in [-0.25, -0.2) is 0 Å². The average molecular weight is 443 g/mol. The Balaban J connectivity index is 2.86. The van der Waals surface area contributed by atoms with Crippen LogP contribution in [0.2, 0.25) is 0 Å². The summed E-state index contributed by atoms with van der Waals surface area (Å²) in [6.07, 6.45) is -11.0. The second-order valence-corrected chi connectivity index (χ2v) is 8.12. The molecule has 180 valence electrons. The molecule has 1 saturated carbocycles. The summed E-state index contributed by atoms with van der Waals surface area (Å²) >= 11 is 0. The third-order valence-corrected chi connectivity index (χ3v) is 5.75. The van der Waals surface area contributed by atoms with E-state index in [4.69, 9.17) is 15.9 Å². The molecule has 0 amide bonds. The molecule has 0 aliphatic heterocycles.